The summed E-state index contributed by atoms with van der Waals surface area (Å²) in [6, 6.07) is 9.21. The van der Waals surface area contributed by atoms with E-state index in [1.54, 1.807) is 30.6 Å². The van der Waals surface area contributed by atoms with Crippen LogP contribution in [-0.2, 0) is 4.74 Å². The van der Waals surface area contributed by atoms with Crippen molar-refractivity contribution in [3.63, 3.8) is 0 Å². The van der Waals surface area contributed by atoms with Gasteiger partial charge in [-0.25, -0.2) is 0 Å². The number of nitrogens with one attached hydrogen (secondary N) is 1. The Bertz CT molecular complexity index is 676. The minimum atomic E-state index is -4.80. The molecule has 5 nitrogen and oxygen atoms in total. The highest BCUT2D eigenvalue weighted by molar-refractivity contribution is 5.40. The summed E-state index contributed by atoms with van der Waals surface area (Å²) in [6.45, 7) is 1.72. The number of halogens is 3. The fourth-order valence-corrected chi connectivity index (χ4v) is 2.58. The Hall–Kier alpha value is -2.32. The number of benzene rings is 1. The zero-order chi connectivity index (χ0) is 17.7. The van der Waals surface area contributed by atoms with Crippen molar-refractivity contribution < 1.29 is 27.4 Å². The largest absolute Gasteiger partial charge is 0.573 e. The van der Waals surface area contributed by atoms with E-state index in [9.17, 15) is 13.2 Å². The highest BCUT2D eigenvalue weighted by Gasteiger charge is 2.34. The zero-order valence-corrected chi connectivity index (χ0v) is 13.2. The molecule has 0 spiro atoms. The lowest BCUT2D eigenvalue weighted by atomic mass is 10.1. The van der Waals surface area contributed by atoms with Crippen LogP contribution in [0, 0.1) is 0 Å². The van der Waals surface area contributed by atoms with Gasteiger partial charge in [0.05, 0.1) is 6.61 Å². The second-order valence-electron chi connectivity index (χ2n) is 5.43. The Kier molecular flexibility index (Phi) is 5.40. The molecule has 1 fully saturated rings. The standard InChI is InChI=1S/C17H17F3N2O3/c18-17(19,20)25-14-6-2-1-5-13(14)24-16(12-4-3-7-21-10-12)15-11-22-8-9-23-15/h1-7,10,15-16,22H,8-9,11H2/t15-,16+/m1/s1. The molecule has 1 aromatic heterocycles. The van der Waals surface area contributed by atoms with E-state index in [4.69, 9.17) is 9.47 Å². The van der Waals surface area contributed by atoms with Crippen molar-refractivity contribution in [3.8, 4) is 11.5 Å². The third-order valence-corrected chi connectivity index (χ3v) is 3.64. The first kappa shape index (κ1) is 17.5. The van der Waals surface area contributed by atoms with Gasteiger partial charge in [0.1, 0.15) is 6.10 Å². The van der Waals surface area contributed by atoms with Crippen molar-refractivity contribution in [2.45, 2.75) is 18.6 Å². The molecule has 0 aliphatic carbocycles. The van der Waals surface area contributed by atoms with Gasteiger partial charge >= 0.3 is 6.36 Å². The van der Waals surface area contributed by atoms with Gasteiger partial charge in [-0.15, -0.1) is 13.2 Å². The van der Waals surface area contributed by atoms with Crippen LogP contribution in [0.25, 0.3) is 0 Å². The molecular weight excluding hydrogens is 337 g/mol. The number of ether oxygens (including phenoxy) is 3. The summed E-state index contributed by atoms with van der Waals surface area (Å²) in [5.41, 5.74) is 0.706. The highest BCUT2D eigenvalue weighted by atomic mass is 19.4. The van der Waals surface area contributed by atoms with Crippen molar-refractivity contribution in [1.82, 2.24) is 10.3 Å². The minimum Gasteiger partial charge on any atom is -0.479 e. The van der Waals surface area contributed by atoms with Crippen LogP contribution < -0.4 is 14.8 Å². The molecule has 0 radical (unpaired) electrons. The fraction of sp³-hybridized carbons (Fsp3) is 0.353. The number of morpholine rings is 1. The van der Waals surface area contributed by atoms with Gasteiger partial charge in [-0.1, -0.05) is 18.2 Å². The molecule has 25 heavy (non-hydrogen) atoms. The van der Waals surface area contributed by atoms with Gasteiger partial charge < -0.3 is 19.5 Å². The molecule has 1 N–H and O–H groups in total. The number of rotatable bonds is 5. The number of hydrogen-bond acceptors (Lipinski definition) is 5. The average molecular weight is 354 g/mol. The second kappa shape index (κ2) is 7.71. The maximum absolute atomic E-state index is 12.6. The predicted octanol–water partition coefficient (Wildman–Crippen LogP) is 3.09. The lowest BCUT2D eigenvalue weighted by Crippen LogP contribution is -2.43. The zero-order valence-electron chi connectivity index (χ0n) is 13.2. The van der Waals surface area contributed by atoms with Gasteiger partial charge in [-0.2, -0.15) is 0 Å². The van der Waals surface area contributed by atoms with Crippen molar-refractivity contribution in [1.29, 1.82) is 0 Å². The Morgan fingerprint density at radius 3 is 2.60 bits per heavy atom. The lowest BCUT2D eigenvalue weighted by Gasteiger charge is -2.31. The van der Waals surface area contributed by atoms with E-state index in [1.807, 2.05) is 0 Å². The normalized spacial score (nSPS) is 19.2. The summed E-state index contributed by atoms with van der Waals surface area (Å²) in [5, 5.41) is 3.19. The number of pyridine rings is 1. The quantitative estimate of drug-likeness (QED) is 0.894. The number of alkyl halides is 3. The van der Waals surface area contributed by atoms with Crippen LogP contribution in [0.5, 0.6) is 11.5 Å². The fourth-order valence-electron chi connectivity index (χ4n) is 2.58. The van der Waals surface area contributed by atoms with Crippen molar-refractivity contribution >= 4 is 0 Å². The molecule has 2 aromatic rings. The molecule has 0 amide bonds. The Morgan fingerprint density at radius 2 is 1.96 bits per heavy atom. The number of para-hydroxylation sites is 2. The Morgan fingerprint density at radius 1 is 1.16 bits per heavy atom. The summed E-state index contributed by atoms with van der Waals surface area (Å²) in [7, 11) is 0. The smallest absolute Gasteiger partial charge is 0.479 e. The van der Waals surface area contributed by atoms with E-state index in [0.29, 0.717) is 25.3 Å². The van der Waals surface area contributed by atoms with E-state index in [1.165, 1.54) is 18.2 Å². The molecule has 1 aliphatic heterocycles. The SMILES string of the molecule is FC(F)(F)Oc1ccccc1O[C@@H](c1cccnc1)[C@H]1CNCCO1. The third-order valence-electron chi connectivity index (χ3n) is 3.64. The summed E-state index contributed by atoms with van der Waals surface area (Å²) in [6.07, 6.45) is -2.57. The summed E-state index contributed by atoms with van der Waals surface area (Å²) >= 11 is 0. The predicted molar refractivity (Wildman–Crippen MR) is 83.3 cm³/mol. The molecular formula is C17H17F3N2O3. The van der Waals surface area contributed by atoms with Crippen molar-refractivity contribution in [3.05, 3.63) is 54.4 Å². The number of aromatic nitrogens is 1. The van der Waals surface area contributed by atoms with Crippen LogP contribution in [0.4, 0.5) is 13.2 Å². The molecule has 1 aliphatic rings. The Labute approximate surface area is 142 Å². The monoisotopic (exact) mass is 354 g/mol. The van der Waals surface area contributed by atoms with Crippen LogP contribution in [-0.4, -0.2) is 37.1 Å². The minimum absolute atomic E-state index is 0.0112. The van der Waals surface area contributed by atoms with Crippen LogP contribution in [0.3, 0.4) is 0 Å². The molecule has 134 valence electrons. The molecule has 2 heterocycles. The van der Waals surface area contributed by atoms with Crippen LogP contribution in [0.15, 0.2) is 48.8 Å². The molecule has 0 saturated carbocycles. The van der Waals surface area contributed by atoms with E-state index >= 15 is 0 Å². The maximum atomic E-state index is 12.6. The molecule has 0 bridgehead atoms. The van der Waals surface area contributed by atoms with E-state index in [-0.39, 0.29) is 11.9 Å². The molecule has 1 saturated heterocycles. The number of hydrogen-bond donors (Lipinski definition) is 1. The van der Waals surface area contributed by atoms with Gasteiger partial charge in [0.25, 0.3) is 0 Å². The maximum Gasteiger partial charge on any atom is 0.573 e. The molecule has 3 rings (SSSR count). The summed E-state index contributed by atoms with van der Waals surface area (Å²) in [4.78, 5) is 4.06. The van der Waals surface area contributed by atoms with Gasteiger partial charge in [-0.3, -0.25) is 4.98 Å². The van der Waals surface area contributed by atoms with Gasteiger partial charge in [0.15, 0.2) is 17.6 Å². The first-order chi connectivity index (χ1) is 12.0. The number of nitrogens with zero attached hydrogens (tertiary/aromatic N) is 1. The van der Waals surface area contributed by atoms with Crippen molar-refractivity contribution in [2.24, 2.45) is 0 Å². The summed E-state index contributed by atoms with van der Waals surface area (Å²) < 4.78 is 53.5. The lowest BCUT2D eigenvalue weighted by molar-refractivity contribution is -0.275. The molecule has 1 aromatic carbocycles. The van der Waals surface area contributed by atoms with E-state index in [0.717, 1.165) is 0 Å². The van der Waals surface area contributed by atoms with Crippen LogP contribution in [0.2, 0.25) is 0 Å². The van der Waals surface area contributed by atoms with E-state index in [2.05, 4.69) is 15.0 Å². The highest BCUT2D eigenvalue weighted by Crippen LogP contribution is 2.36. The van der Waals surface area contributed by atoms with Crippen molar-refractivity contribution in [2.75, 3.05) is 19.7 Å². The average Bonchev–Trinajstić information content (AvgIpc) is 2.61. The van der Waals surface area contributed by atoms with Crippen LogP contribution in [0.1, 0.15) is 11.7 Å². The molecule has 8 heteroatoms. The summed E-state index contributed by atoms with van der Waals surface area (Å²) in [5.74, 6) is -0.407. The molecule has 2 atom stereocenters. The van der Waals surface area contributed by atoms with Gasteiger partial charge in [0, 0.05) is 31.0 Å². The second-order valence-corrected chi connectivity index (χ2v) is 5.43. The first-order valence-corrected chi connectivity index (χ1v) is 7.76. The van der Waals surface area contributed by atoms with Gasteiger partial charge in [0.2, 0.25) is 0 Å². The Balaban J connectivity index is 1.88. The molecule has 0 unspecified atom stereocenters. The van der Waals surface area contributed by atoms with Crippen LogP contribution >= 0.6 is 0 Å². The van der Waals surface area contributed by atoms with Gasteiger partial charge in [-0.05, 0) is 18.2 Å². The third kappa shape index (κ3) is 4.83. The topological polar surface area (TPSA) is 52.6 Å². The van der Waals surface area contributed by atoms with E-state index < -0.39 is 18.2 Å². The first-order valence-electron chi connectivity index (χ1n) is 7.76.